The van der Waals surface area contributed by atoms with Crippen LogP contribution in [0.15, 0.2) is 0 Å². The third-order valence-corrected chi connectivity index (χ3v) is 7.32. The van der Waals surface area contributed by atoms with E-state index in [1.54, 1.807) is 6.92 Å². The van der Waals surface area contributed by atoms with Crippen molar-refractivity contribution in [1.29, 1.82) is 0 Å². The molecule has 0 aromatic carbocycles. The highest BCUT2D eigenvalue weighted by atomic mass is 16.7. The SMILES string of the molecule is CC1CCC(C#CC2CCC(CN3O[C@@H]([C@H](C)O)[C@H]4COC(=O)[C@H]43)CC2)CC1. The molecule has 28 heavy (non-hydrogen) atoms. The molecule has 156 valence electrons. The number of aliphatic hydroxyl groups is 1. The van der Waals surface area contributed by atoms with Crippen molar-refractivity contribution in [1.82, 2.24) is 5.06 Å². The number of hydrogen-bond donors (Lipinski definition) is 1. The van der Waals surface area contributed by atoms with Gasteiger partial charge in [0.2, 0.25) is 0 Å². The highest BCUT2D eigenvalue weighted by Gasteiger charge is 2.54. The van der Waals surface area contributed by atoms with Gasteiger partial charge < -0.3 is 9.84 Å². The van der Waals surface area contributed by atoms with E-state index in [9.17, 15) is 9.90 Å². The van der Waals surface area contributed by atoms with Crippen molar-refractivity contribution in [3.8, 4) is 11.8 Å². The zero-order chi connectivity index (χ0) is 19.7. The molecule has 0 amide bonds. The fraction of sp³-hybridized carbons (Fsp3) is 0.870. The van der Waals surface area contributed by atoms with Crippen LogP contribution >= 0.6 is 0 Å². The maximum atomic E-state index is 12.1. The molecule has 0 aromatic heterocycles. The molecule has 5 heteroatoms. The van der Waals surface area contributed by atoms with Crippen LogP contribution in [0.5, 0.6) is 0 Å². The van der Waals surface area contributed by atoms with Crippen LogP contribution < -0.4 is 0 Å². The van der Waals surface area contributed by atoms with Crippen LogP contribution in [0.4, 0.5) is 0 Å². The number of aliphatic hydroxyl groups excluding tert-OH is 1. The number of cyclic esters (lactones) is 1. The summed E-state index contributed by atoms with van der Waals surface area (Å²) in [6.45, 7) is 5.19. The van der Waals surface area contributed by atoms with Gasteiger partial charge in [-0.05, 0) is 70.1 Å². The Bertz CT molecular complexity index is 608. The minimum absolute atomic E-state index is 0.0482. The topological polar surface area (TPSA) is 59.0 Å². The van der Waals surface area contributed by atoms with Crippen molar-refractivity contribution < 1.29 is 19.5 Å². The summed E-state index contributed by atoms with van der Waals surface area (Å²) in [5, 5.41) is 11.8. The van der Waals surface area contributed by atoms with Gasteiger partial charge in [-0.3, -0.25) is 9.63 Å². The third-order valence-electron chi connectivity index (χ3n) is 7.32. The maximum absolute atomic E-state index is 12.1. The Kier molecular flexibility index (Phi) is 6.30. The normalized spacial score (nSPS) is 42.4. The number of hydrogen-bond acceptors (Lipinski definition) is 5. The lowest BCUT2D eigenvalue weighted by Gasteiger charge is -2.30. The van der Waals surface area contributed by atoms with Crippen LogP contribution in [0.1, 0.15) is 65.2 Å². The second-order valence-electron chi connectivity index (χ2n) is 9.61. The van der Waals surface area contributed by atoms with Crippen molar-refractivity contribution in [2.45, 2.75) is 83.5 Å². The predicted molar refractivity (Wildman–Crippen MR) is 106 cm³/mol. The number of ether oxygens (including phenoxy) is 1. The molecular formula is C23H35NO4. The number of nitrogens with zero attached hydrogens (tertiary/aromatic N) is 1. The average Bonchev–Trinajstić information content (AvgIpc) is 3.24. The van der Waals surface area contributed by atoms with E-state index in [1.165, 1.54) is 25.7 Å². The van der Waals surface area contributed by atoms with Gasteiger partial charge in [0.15, 0.2) is 0 Å². The molecule has 4 aliphatic rings. The lowest BCUT2D eigenvalue weighted by atomic mass is 9.80. The van der Waals surface area contributed by atoms with Crippen molar-refractivity contribution in [3.05, 3.63) is 0 Å². The Morgan fingerprint density at radius 1 is 1.07 bits per heavy atom. The number of carbonyl (C=O) groups excluding carboxylic acids is 1. The minimum Gasteiger partial charge on any atom is -0.464 e. The Balaban J connectivity index is 1.26. The molecule has 4 fully saturated rings. The summed E-state index contributed by atoms with van der Waals surface area (Å²) >= 11 is 0. The van der Waals surface area contributed by atoms with Gasteiger partial charge in [0.05, 0.1) is 18.6 Å². The van der Waals surface area contributed by atoms with E-state index in [0.29, 0.717) is 24.4 Å². The molecule has 5 nitrogen and oxygen atoms in total. The molecule has 0 unspecified atom stereocenters. The van der Waals surface area contributed by atoms with E-state index < -0.39 is 6.10 Å². The smallest absolute Gasteiger partial charge is 0.326 e. The fourth-order valence-electron chi connectivity index (χ4n) is 5.42. The van der Waals surface area contributed by atoms with Crippen molar-refractivity contribution in [2.24, 2.45) is 29.6 Å². The molecule has 1 N–H and O–H groups in total. The number of rotatable bonds is 3. The van der Waals surface area contributed by atoms with Crippen LogP contribution in [0.2, 0.25) is 0 Å². The lowest BCUT2D eigenvalue weighted by molar-refractivity contribution is -0.202. The first-order valence-electron chi connectivity index (χ1n) is 11.3. The summed E-state index contributed by atoms with van der Waals surface area (Å²) in [5.74, 6) is 9.47. The van der Waals surface area contributed by atoms with Crippen LogP contribution in [-0.4, -0.2) is 47.5 Å². The summed E-state index contributed by atoms with van der Waals surface area (Å²) < 4.78 is 5.24. The Morgan fingerprint density at radius 3 is 2.29 bits per heavy atom. The highest BCUT2D eigenvalue weighted by molar-refractivity contribution is 5.78. The Labute approximate surface area is 169 Å². The molecule has 4 rings (SSSR count). The fourth-order valence-corrected chi connectivity index (χ4v) is 5.42. The molecule has 2 aliphatic heterocycles. The van der Waals surface area contributed by atoms with Gasteiger partial charge >= 0.3 is 5.97 Å². The van der Waals surface area contributed by atoms with E-state index in [2.05, 4.69) is 18.8 Å². The summed E-state index contributed by atoms with van der Waals surface area (Å²) in [6, 6.07) is -0.342. The second-order valence-corrected chi connectivity index (χ2v) is 9.61. The van der Waals surface area contributed by atoms with Crippen molar-refractivity contribution in [2.75, 3.05) is 13.2 Å². The summed E-state index contributed by atoms with van der Waals surface area (Å²) in [6.07, 6.45) is 8.84. The first-order chi connectivity index (χ1) is 13.5. The standard InChI is InChI=1S/C23H35NO4/c1-15-3-5-17(6-4-15)7-8-18-9-11-19(12-10-18)13-24-21-20(14-27-23(21)26)22(28-24)16(2)25/h15-22,25H,3-6,9-14H2,1-2H3/t15?,16-,17?,18?,19?,20-,21-,22-/m0/s1. The third kappa shape index (κ3) is 4.40. The molecule has 0 bridgehead atoms. The molecule has 2 saturated carbocycles. The Hall–Kier alpha value is -1.09. The van der Waals surface area contributed by atoms with Crippen LogP contribution in [0.25, 0.3) is 0 Å². The van der Waals surface area contributed by atoms with E-state index in [0.717, 1.165) is 38.1 Å². The van der Waals surface area contributed by atoms with E-state index in [-0.39, 0.29) is 24.0 Å². The lowest BCUT2D eigenvalue weighted by Crippen LogP contribution is -2.39. The van der Waals surface area contributed by atoms with Gasteiger partial charge in [-0.25, -0.2) is 0 Å². The number of carbonyl (C=O) groups is 1. The quantitative estimate of drug-likeness (QED) is 0.593. The Morgan fingerprint density at radius 2 is 1.68 bits per heavy atom. The highest BCUT2D eigenvalue weighted by Crippen LogP contribution is 2.38. The van der Waals surface area contributed by atoms with Gasteiger partial charge in [-0.15, -0.1) is 0 Å². The van der Waals surface area contributed by atoms with Crippen molar-refractivity contribution >= 4 is 5.97 Å². The molecule has 0 spiro atoms. The zero-order valence-electron chi connectivity index (χ0n) is 17.3. The zero-order valence-corrected chi connectivity index (χ0v) is 17.3. The molecule has 4 atom stereocenters. The van der Waals surface area contributed by atoms with E-state index in [1.807, 2.05) is 5.06 Å². The van der Waals surface area contributed by atoms with Crippen molar-refractivity contribution in [3.63, 3.8) is 0 Å². The van der Waals surface area contributed by atoms with Gasteiger partial charge in [0.25, 0.3) is 0 Å². The van der Waals surface area contributed by atoms with Gasteiger partial charge in [-0.2, -0.15) is 5.06 Å². The number of fused-ring (bicyclic) bond motifs is 1. The summed E-state index contributed by atoms with van der Waals surface area (Å²) in [7, 11) is 0. The van der Waals surface area contributed by atoms with Gasteiger partial charge in [0.1, 0.15) is 12.1 Å². The van der Waals surface area contributed by atoms with Gasteiger partial charge in [-0.1, -0.05) is 18.8 Å². The first-order valence-corrected chi connectivity index (χ1v) is 11.3. The molecule has 2 heterocycles. The monoisotopic (exact) mass is 389 g/mol. The molecule has 2 aliphatic carbocycles. The molecule has 2 saturated heterocycles. The van der Waals surface area contributed by atoms with Crippen LogP contribution in [0, 0.1) is 41.4 Å². The second kappa shape index (κ2) is 8.73. The molecular weight excluding hydrogens is 354 g/mol. The first kappa shape index (κ1) is 20.2. The van der Waals surface area contributed by atoms with Gasteiger partial charge in [0, 0.05) is 18.4 Å². The van der Waals surface area contributed by atoms with E-state index >= 15 is 0 Å². The maximum Gasteiger partial charge on any atom is 0.326 e. The van der Waals surface area contributed by atoms with Crippen LogP contribution in [-0.2, 0) is 14.4 Å². The number of esters is 1. The minimum atomic E-state index is -0.596. The molecule has 0 aromatic rings. The average molecular weight is 390 g/mol. The number of hydroxylamine groups is 2. The summed E-state index contributed by atoms with van der Waals surface area (Å²) in [5.41, 5.74) is 0. The largest absolute Gasteiger partial charge is 0.464 e. The molecule has 0 radical (unpaired) electrons. The summed E-state index contributed by atoms with van der Waals surface area (Å²) in [4.78, 5) is 18.1. The van der Waals surface area contributed by atoms with E-state index in [4.69, 9.17) is 9.57 Å². The van der Waals surface area contributed by atoms with Crippen LogP contribution in [0.3, 0.4) is 0 Å². The predicted octanol–water partition coefficient (Wildman–Crippen LogP) is 3.16.